The number of halogens is 3. The van der Waals surface area contributed by atoms with E-state index >= 15 is 8.78 Å². The number of hydrogen-bond acceptors (Lipinski definition) is 9. The summed E-state index contributed by atoms with van der Waals surface area (Å²) in [5.41, 5.74) is -0.0706. The Morgan fingerprint density at radius 3 is 2.72 bits per heavy atom. The molecule has 6 rings (SSSR count). The zero-order valence-corrected chi connectivity index (χ0v) is 24.6. The third-order valence-electron chi connectivity index (χ3n) is 7.43. The summed E-state index contributed by atoms with van der Waals surface area (Å²) in [6.45, 7) is 3.33. The van der Waals surface area contributed by atoms with Crippen LogP contribution < -0.4 is 19.5 Å². The van der Waals surface area contributed by atoms with E-state index in [1.54, 1.807) is 25.4 Å². The number of likely N-dealkylation sites (tertiary alicyclic amines) is 1. The third kappa shape index (κ3) is 6.16. The Morgan fingerprint density at radius 1 is 1.12 bits per heavy atom. The van der Waals surface area contributed by atoms with Crippen LogP contribution in [0.4, 0.5) is 20.4 Å². The molecule has 1 fully saturated rings. The quantitative estimate of drug-likeness (QED) is 0.255. The van der Waals surface area contributed by atoms with E-state index in [0.717, 1.165) is 50.7 Å². The highest BCUT2D eigenvalue weighted by Crippen LogP contribution is 2.42. The second-order valence-electron chi connectivity index (χ2n) is 10.2. The predicted octanol–water partition coefficient (Wildman–Crippen LogP) is 5.28. The number of nitrogens with one attached hydrogen (secondary N) is 2. The van der Waals surface area contributed by atoms with Gasteiger partial charge >= 0.3 is 0 Å². The molecule has 0 radical (unpaired) electrons. The van der Waals surface area contributed by atoms with Crippen molar-refractivity contribution in [1.82, 2.24) is 14.9 Å². The highest BCUT2D eigenvalue weighted by atomic mass is 35.5. The second kappa shape index (κ2) is 12.1. The number of fused-ring (bicyclic) bond motifs is 2. The van der Waals surface area contributed by atoms with Crippen molar-refractivity contribution in [3.8, 4) is 22.6 Å². The van der Waals surface area contributed by atoms with Gasteiger partial charge in [-0.3, -0.25) is 4.72 Å². The fourth-order valence-corrected chi connectivity index (χ4v) is 6.72. The molecule has 2 N–H and O–H groups in total. The lowest BCUT2D eigenvalue weighted by Gasteiger charge is -2.32. The number of piperidine rings is 1. The van der Waals surface area contributed by atoms with Crippen LogP contribution in [-0.2, 0) is 14.8 Å². The Kier molecular flexibility index (Phi) is 8.23. The van der Waals surface area contributed by atoms with E-state index in [1.165, 1.54) is 12.1 Å². The van der Waals surface area contributed by atoms with E-state index < -0.39 is 32.9 Å². The zero-order valence-electron chi connectivity index (χ0n) is 23.1. The molecule has 10 nitrogen and oxygen atoms in total. The number of anilines is 2. The number of methoxy groups -OCH3 is 1. The molecule has 0 amide bonds. The molecule has 2 aliphatic heterocycles. The topological polar surface area (TPSA) is 115 Å². The molecular formula is C29H28ClF2N5O5S. The Bertz CT molecular complexity index is 1790. The van der Waals surface area contributed by atoms with Gasteiger partial charge in [-0.05, 0) is 48.7 Å². The second-order valence-corrected chi connectivity index (χ2v) is 12.3. The van der Waals surface area contributed by atoms with E-state index in [4.69, 9.17) is 25.8 Å². The summed E-state index contributed by atoms with van der Waals surface area (Å²) in [7, 11) is -2.69. The normalized spacial score (nSPS) is 15.6. The maximum absolute atomic E-state index is 15.7. The smallest absolute Gasteiger partial charge is 0.265 e. The molecule has 0 spiro atoms. The van der Waals surface area contributed by atoms with Gasteiger partial charge in [0.05, 0.1) is 23.4 Å². The highest BCUT2D eigenvalue weighted by molar-refractivity contribution is 7.92. The van der Waals surface area contributed by atoms with Crippen LogP contribution in [-0.4, -0.2) is 69.5 Å². The van der Waals surface area contributed by atoms with E-state index in [9.17, 15) is 8.42 Å². The van der Waals surface area contributed by atoms with Crippen LogP contribution in [0.3, 0.4) is 0 Å². The van der Waals surface area contributed by atoms with E-state index in [0.29, 0.717) is 23.5 Å². The predicted molar refractivity (Wildman–Crippen MR) is 158 cm³/mol. The summed E-state index contributed by atoms with van der Waals surface area (Å²) in [5.74, 6) is -1.37. The molecule has 0 bridgehead atoms. The maximum atomic E-state index is 15.7. The van der Waals surface area contributed by atoms with Gasteiger partial charge < -0.3 is 24.4 Å². The number of benzene rings is 3. The van der Waals surface area contributed by atoms with Gasteiger partial charge in [0.15, 0.2) is 17.3 Å². The summed E-state index contributed by atoms with van der Waals surface area (Å²) in [6.07, 6.45) is 3.48. The van der Waals surface area contributed by atoms with Crippen molar-refractivity contribution < 1.29 is 31.4 Å². The molecule has 1 saturated heterocycles. The van der Waals surface area contributed by atoms with Crippen LogP contribution in [0.2, 0.25) is 5.02 Å². The highest BCUT2D eigenvalue weighted by Gasteiger charge is 2.29. The van der Waals surface area contributed by atoms with E-state index in [1.807, 2.05) is 0 Å². The van der Waals surface area contributed by atoms with E-state index in [-0.39, 0.29) is 39.8 Å². The Balaban J connectivity index is 1.22. The number of hydrogen-bond donors (Lipinski definition) is 2. The lowest BCUT2D eigenvalue weighted by molar-refractivity contribution is 0.132. The molecular weight excluding hydrogens is 604 g/mol. The number of aromatic nitrogens is 2. The number of sulfonamides is 1. The minimum atomic E-state index is -4.39. The summed E-state index contributed by atoms with van der Waals surface area (Å²) in [6, 6.07) is 9.55. The van der Waals surface area contributed by atoms with Gasteiger partial charge in [0, 0.05) is 55.5 Å². The molecule has 0 aliphatic carbocycles. The minimum Gasteiger partial charge on any atom is -0.453 e. The van der Waals surface area contributed by atoms with Gasteiger partial charge in [0.25, 0.3) is 10.0 Å². The molecule has 2 aliphatic rings. The first-order valence-electron chi connectivity index (χ1n) is 13.6. The molecule has 3 aromatic carbocycles. The summed E-state index contributed by atoms with van der Waals surface area (Å²) in [4.78, 5) is 11.0. The van der Waals surface area contributed by atoms with Crippen molar-refractivity contribution in [2.45, 2.75) is 23.8 Å². The Hall–Kier alpha value is -3.78. The fourth-order valence-electron chi connectivity index (χ4n) is 5.20. The minimum absolute atomic E-state index is 0.0458. The van der Waals surface area contributed by atoms with Crippen molar-refractivity contribution in [1.29, 1.82) is 0 Å². The maximum Gasteiger partial charge on any atom is 0.265 e. The van der Waals surface area contributed by atoms with Gasteiger partial charge in [-0.15, -0.1) is 0 Å². The number of nitrogens with zero attached hydrogens (tertiary/aromatic N) is 3. The standard InChI is InChI=1S/C29H28ClF2N5O5S/c1-40-11-10-37-8-6-20(7-9-37)34-29-33-15-18-12-17(2-4-22(18)35-29)26-21(31)3-5-23(27(26)32)36-43(38,39)25-14-19(30)13-24-28(25)42-16-41-24/h2-5,12-15,20,36H,6-11,16H2,1H3,(H,33,34,35). The molecule has 0 unspecified atom stereocenters. The molecule has 1 aromatic heterocycles. The van der Waals surface area contributed by atoms with Crippen molar-refractivity contribution in [2.75, 3.05) is 50.2 Å². The molecule has 226 valence electrons. The van der Waals surface area contributed by atoms with Gasteiger partial charge in [-0.25, -0.2) is 27.2 Å². The summed E-state index contributed by atoms with van der Waals surface area (Å²) in [5, 5.41) is 4.04. The first-order valence-corrected chi connectivity index (χ1v) is 15.4. The summed E-state index contributed by atoms with van der Waals surface area (Å²) < 4.78 is 75.0. The average Bonchev–Trinajstić information content (AvgIpc) is 3.46. The van der Waals surface area contributed by atoms with Crippen LogP contribution in [0, 0.1) is 11.6 Å². The molecule has 14 heteroatoms. The molecule has 43 heavy (non-hydrogen) atoms. The van der Waals surface area contributed by atoms with Crippen molar-refractivity contribution in [3.63, 3.8) is 0 Å². The molecule has 4 aromatic rings. The SMILES string of the molecule is COCCN1CCC(Nc2ncc3cc(-c4c(F)ccc(NS(=O)(=O)c5cc(Cl)cc6c5OCO6)c4F)ccc3n2)CC1. The van der Waals surface area contributed by atoms with Crippen LogP contribution in [0.1, 0.15) is 12.8 Å². The lowest BCUT2D eigenvalue weighted by atomic mass is 10.0. The molecule has 0 saturated carbocycles. The van der Waals surface area contributed by atoms with Crippen LogP contribution in [0.15, 0.2) is 53.6 Å². The summed E-state index contributed by atoms with van der Waals surface area (Å²) >= 11 is 6.05. The van der Waals surface area contributed by atoms with E-state index in [2.05, 4.69) is 24.9 Å². The largest absolute Gasteiger partial charge is 0.453 e. The Labute approximate surface area is 252 Å². The monoisotopic (exact) mass is 631 g/mol. The molecule has 3 heterocycles. The van der Waals surface area contributed by atoms with Gasteiger partial charge in [0.1, 0.15) is 10.7 Å². The first kappa shape index (κ1) is 29.3. The van der Waals surface area contributed by atoms with Gasteiger partial charge in [-0.2, -0.15) is 0 Å². The van der Waals surface area contributed by atoms with Crippen molar-refractivity contribution in [3.05, 3.63) is 65.3 Å². The van der Waals surface area contributed by atoms with Crippen LogP contribution in [0.25, 0.3) is 22.0 Å². The molecule has 0 atom stereocenters. The fraction of sp³-hybridized carbons (Fsp3) is 0.310. The van der Waals surface area contributed by atoms with Crippen LogP contribution >= 0.6 is 11.6 Å². The van der Waals surface area contributed by atoms with Crippen LogP contribution in [0.5, 0.6) is 11.5 Å². The van der Waals surface area contributed by atoms with Gasteiger partial charge in [0.2, 0.25) is 12.7 Å². The lowest BCUT2D eigenvalue weighted by Crippen LogP contribution is -2.40. The third-order valence-corrected chi connectivity index (χ3v) is 9.02. The zero-order chi connectivity index (χ0) is 30.1. The average molecular weight is 632 g/mol. The van der Waals surface area contributed by atoms with Gasteiger partial charge in [-0.1, -0.05) is 17.7 Å². The van der Waals surface area contributed by atoms with Crippen molar-refractivity contribution in [2.24, 2.45) is 0 Å². The first-order chi connectivity index (χ1) is 20.7. The number of ether oxygens (including phenoxy) is 3. The van der Waals surface area contributed by atoms with Crippen molar-refractivity contribution >= 4 is 44.2 Å². The Morgan fingerprint density at radius 2 is 1.93 bits per heavy atom. The number of rotatable bonds is 9.